The van der Waals surface area contributed by atoms with E-state index < -0.39 is 0 Å². The van der Waals surface area contributed by atoms with E-state index in [2.05, 4.69) is 26.1 Å². The van der Waals surface area contributed by atoms with Crippen molar-refractivity contribution in [1.82, 2.24) is 5.32 Å². The summed E-state index contributed by atoms with van der Waals surface area (Å²) in [5, 5.41) is 12.8. The summed E-state index contributed by atoms with van der Waals surface area (Å²) in [4.78, 5) is 0. The topological polar surface area (TPSA) is 32.3 Å². The van der Waals surface area contributed by atoms with E-state index in [4.69, 9.17) is 0 Å². The number of aliphatic hydroxyl groups excluding tert-OH is 1. The second kappa shape index (κ2) is 3.97. The molecule has 0 aliphatic heterocycles. The Morgan fingerprint density at radius 2 is 1.85 bits per heavy atom. The first-order valence-electron chi connectivity index (χ1n) is 5.38. The summed E-state index contributed by atoms with van der Waals surface area (Å²) in [5.74, 6) is 0. The zero-order valence-electron chi connectivity index (χ0n) is 9.30. The normalized spacial score (nSPS) is 26.5. The van der Waals surface area contributed by atoms with Gasteiger partial charge in [-0.2, -0.15) is 0 Å². The van der Waals surface area contributed by atoms with Gasteiger partial charge in [-0.3, -0.25) is 0 Å². The van der Waals surface area contributed by atoms with Gasteiger partial charge in [0, 0.05) is 12.1 Å². The number of rotatable bonds is 5. The molecule has 13 heavy (non-hydrogen) atoms. The molecular formula is C11H23NO. The van der Waals surface area contributed by atoms with Gasteiger partial charge in [-0.25, -0.2) is 0 Å². The summed E-state index contributed by atoms with van der Waals surface area (Å²) in [5.41, 5.74) is 0.535. The Hall–Kier alpha value is -0.0800. The molecule has 1 rings (SSSR count). The third-order valence-corrected chi connectivity index (χ3v) is 3.31. The predicted molar refractivity (Wildman–Crippen MR) is 55.7 cm³/mol. The summed E-state index contributed by atoms with van der Waals surface area (Å²) in [6.45, 7) is 8.59. The van der Waals surface area contributed by atoms with E-state index in [1.54, 1.807) is 0 Å². The lowest BCUT2D eigenvalue weighted by atomic mass is 9.99. The lowest BCUT2D eigenvalue weighted by Crippen LogP contribution is -2.40. The van der Waals surface area contributed by atoms with E-state index in [9.17, 15) is 5.11 Å². The van der Waals surface area contributed by atoms with E-state index in [1.807, 2.05) is 6.92 Å². The molecule has 0 aromatic heterocycles. The Morgan fingerprint density at radius 3 is 2.23 bits per heavy atom. The van der Waals surface area contributed by atoms with Crippen LogP contribution < -0.4 is 5.32 Å². The summed E-state index contributed by atoms with van der Waals surface area (Å²) in [6.07, 6.45) is 3.35. The number of hydrogen-bond acceptors (Lipinski definition) is 2. The predicted octanol–water partition coefficient (Wildman–Crippen LogP) is 1.92. The van der Waals surface area contributed by atoms with Crippen LogP contribution in [0.3, 0.4) is 0 Å². The zero-order chi connectivity index (χ0) is 10.1. The van der Waals surface area contributed by atoms with Crippen LogP contribution in [-0.2, 0) is 0 Å². The van der Waals surface area contributed by atoms with Crippen molar-refractivity contribution in [2.75, 3.05) is 0 Å². The van der Waals surface area contributed by atoms with Gasteiger partial charge >= 0.3 is 0 Å². The van der Waals surface area contributed by atoms with Crippen LogP contribution >= 0.6 is 0 Å². The fourth-order valence-corrected chi connectivity index (χ4v) is 1.84. The molecule has 1 aliphatic rings. The van der Waals surface area contributed by atoms with E-state index >= 15 is 0 Å². The monoisotopic (exact) mass is 185 g/mol. The second-order valence-electron chi connectivity index (χ2n) is 5.03. The number of aliphatic hydroxyl groups is 1. The highest BCUT2D eigenvalue weighted by molar-refractivity contribution is 4.97. The molecule has 78 valence electrons. The maximum atomic E-state index is 9.21. The fourth-order valence-electron chi connectivity index (χ4n) is 1.84. The van der Waals surface area contributed by atoms with E-state index in [-0.39, 0.29) is 6.10 Å². The molecule has 1 saturated carbocycles. The average Bonchev–Trinajstić information content (AvgIpc) is 2.67. The smallest absolute Gasteiger partial charge is 0.0526 e. The Balaban J connectivity index is 2.23. The minimum Gasteiger partial charge on any atom is -0.393 e. The maximum Gasteiger partial charge on any atom is 0.0526 e. The molecule has 0 aromatic carbocycles. The molecule has 2 N–H and O–H groups in total. The van der Waals surface area contributed by atoms with Crippen molar-refractivity contribution in [2.24, 2.45) is 5.41 Å². The Kier molecular flexibility index (Phi) is 3.36. The van der Waals surface area contributed by atoms with Crippen LogP contribution in [0.2, 0.25) is 0 Å². The fraction of sp³-hybridized carbons (Fsp3) is 1.00. The second-order valence-corrected chi connectivity index (χ2v) is 5.03. The van der Waals surface area contributed by atoms with Crippen LogP contribution in [0.4, 0.5) is 0 Å². The standard InChI is InChI=1S/C11H23NO/c1-8(7-9(2)13)12-10(3)11(4)5-6-11/h8-10,12-13H,5-7H2,1-4H3. The molecule has 0 heterocycles. The largest absolute Gasteiger partial charge is 0.393 e. The maximum absolute atomic E-state index is 9.21. The SMILES string of the molecule is CC(O)CC(C)NC(C)C1(C)CC1. The van der Waals surface area contributed by atoms with Crippen molar-refractivity contribution in [2.45, 2.75) is 65.1 Å². The summed E-state index contributed by atoms with van der Waals surface area (Å²) >= 11 is 0. The quantitative estimate of drug-likeness (QED) is 0.686. The summed E-state index contributed by atoms with van der Waals surface area (Å²) in [6, 6.07) is 1.01. The van der Waals surface area contributed by atoms with E-state index in [0.29, 0.717) is 17.5 Å². The van der Waals surface area contributed by atoms with Crippen molar-refractivity contribution in [3.8, 4) is 0 Å². The van der Waals surface area contributed by atoms with Gasteiger partial charge in [0.05, 0.1) is 6.10 Å². The van der Waals surface area contributed by atoms with Crippen molar-refractivity contribution in [3.05, 3.63) is 0 Å². The highest BCUT2D eigenvalue weighted by atomic mass is 16.3. The molecule has 2 heteroatoms. The van der Waals surface area contributed by atoms with Crippen LogP contribution in [0.25, 0.3) is 0 Å². The minimum atomic E-state index is -0.193. The van der Waals surface area contributed by atoms with Gasteiger partial charge < -0.3 is 10.4 Å². The Labute approximate surface area is 81.7 Å². The average molecular weight is 185 g/mol. The van der Waals surface area contributed by atoms with Crippen molar-refractivity contribution >= 4 is 0 Å². The first-order valence-corrected chi connectivity index (χ1v) is 5.38. The zero-order valence-corrected chi connectivity index (χ0v) is 9.30. The van der Waals surface area contributed by atoms with Gasteiger partial charge in [0.25, 0.3) is 0 Å². The van der Waals surface area contributed by atoms with Crippen LogP contribution in [0.5, 0.6) is 0 Å². The molecular weight excluding hydrogens is 162 g/mol. The minimum absolute atomic E-state index is 0.193. The lowest BCUT2D eigenvalue weighted by Gasteiger charge is -2.25. The van der Waals surface area contributed by atoms with Gasteiger partial charge in [-0.15, -0.1) is 0 Å². The molecule has 0 radical (unpaired) electrons. The molecule has 1 fully saturated rings. The van der Waals surface area contributed by atoms with Gasteiger partial charge in [0.15, 0.2) is 0 Å². The highest BCUT2D eigenvalue weighted by Gasteiger charge is 2.42. The summed E-state index contributed by atoms with van der Waals surface area (Å²) in [7, 11) is 0. The van der Waals surface area contributed by atoms with Crippen LogP contribution in [-0.4, -0.2) is 23.3 Å². The van der Waals surface area contributed by atoms with E-state index in [1.165, 1.54) is 12.8 Å². The van der Waals surface area contributed by atoms with Gasteiger partial charge in [-0.1, -0.05) is 6.92 Å². The Bertz CT molecular complexity index is 163. The van der Waals surface area contributed by atoms with Crippen molar-refractivity contribution in [3.63, 3.8) is 0 Å². The van der Waals surface area contributed by atoms with Gasteiger partial charge in [0.2, 0.25) is 0 Å². The van der Waals surface area contributed by atoms with Crippen molar-refractivity contribution in [1.29, 1.82) is 0 Å². The molecule has 3 atom stereocenters. The first-order chi connectivity index (χ1) is 5.94. The van der Waals surface area contributed by atoms with Crippen LogP contribution in [0.1, 0.15) is 47.0 Å². The third kappa shape index (κ3) is 3.28. The van der Waals surface area contributed by atoms with Gasteiger partial charge in [-0.05, 0) is 45.4 Å². The Morgan fingerprint density at radius 1 is 1.31 bits per heavy atom. The number of nitrogens with one attached hydrogen (secondary N) is 1. The third-order valence-electron chi connectivity index (χ3n) is 3.31. The molecule has 0 aromatic rings. The van der Waals surface area contributed by atoms with Crippen LogP contribution in [0.15, 0.2) is 0 Å². The van der Waals surface area contributed by atoms with Crippen molar-refractivity contribution < 1.29 is 5.11 Å². The number of hydrogen-bond donors (Lipinski definition) is 2. The molecule has 1 aliphatic carbocycles. The first kappa shape index (κ1) is 11.0. The van der Waals surface area contributed by atoms with E-state index in [0.717, 1.165) is 6.42 Å². The molecule has 0 bridgehead atoms. The molecule has 0 amide bonds. The highest BCUT2D eigenvalue weighted by Crippen LogP contribution is 2.48. The van der Waals surface area contributed by atoms with Gasteiger partial charge in [0.1, 0.15) is 0 Å². The molecule has 0 spiro atoms. The molecule has 3 unspecified atom stereocenters. The summed E-state index contributed by atoms with van der Waals surface area (Å²) < 4.78 is 0. The van der Waals surface area contributed by atoms with Crippen LogP contribution in [0, 0.1) is 5.41 Å². The molecule has 0 saturated heterocycles. The molecule has 2 nitrogen and oxygen atoms in total. The lowest BCUT2D eigenvalue weighted by molar-refractivity contribution is 0.164.